The van der Waals surface area contributed by atoms with Gasteiger partial charge in [0, 0.05) is 7.11 Å². The van der Waals surface area contributed by atoms with E-state index < -0.39 is 11.4 Å². The fraction of sp³-hybridized carbons (Fsp3) is 0.500. The van der Waals surface area contributed by atoms with Crippen molar-refractivity contribution in [2.24, 2.45) is 0 Å². The monoisotopic (exact) mass is 232 g/mol. The number of carboxylic acid groups (broad SMARTS) is 1. The Kier molecular flexibility index (Phi) is 2.11. The summed E-state index contributed by atoms with van der Waals surface area (Å²) in [7, 11) is 1.73. The lowest BCUT2D eigenvalue weighted by Crippen LogP contribution is -2.20. The van der Waals surface area contributed by atoms with Gasteiger partial charge in [0.15, 0.2) is 0 Å². The molecule has 0 amide bonds. The first-order valence-electron chi connectivity index (χ1n) is 6.03. The molecule has 90 valence electrons. The zero-order chi connectivity index (χ0) is 12.1. The van der Waals surface area contributed by atoms with E-state index in [1.807, 2.05) is 24.3 Å². The highest BCUT2D eigenvalue weighted by Gasteiger charge is 2.52. The van der Waals surface area contributed by atoms with Crippen LogP contribution in [0.3, 0.4) is 0 Å². The number of carboxylic acids is 1. The molecule has 17 heavy (non-hydrogen) atoms. The van der Waals surface area contributed by atoms with Gasteiger partial charge in [-0.3, -0.25) is 4.79 Å². The van der Waals surface area contributed by atoms with E-state index in [0.29, 0.717) is 0 Å². The molecule has 2 saturated carbocycles. The molecule has 0 atom stereocenters. The molecule has 0 radical (unpaired) electrons. The summed E-state index contributed by atoms with van der Waals surface area (Å²) >= 11 is 0. The molecule has 0 aromatic heterocycles. The molecule has 0 bridgehead atoms. The largest absolute Gasteiger partial charge is 0.481 e. The van der Waals surface area contributed by atoms with Gasteiger partial charge >= 0.3 is 5.97 Å². The molecule has 2 aliphatic rings. The Morgan fingerprint density at radius 1 is 1.24 bits per heavy atom. The minimum atomic E-state index is -0.697. The Morgan fingerprint density at radius 2 is 1.88 bits per heavy atom. The average Bonchev–Trinajstić information content (AvgIpc) is 3.23. The van der Waals surface area contributed by atoms with Crippen molar-refractivity contribution in [1.29, 1.82) is 0 Å². The Bertz CT molecular complexity index is 470. The second-order valence-corrected chi connectivity index (χ2v) is 5.17. The maximum absolute atomic E-state index is 11.3. The Hall–Kier alpha value is -1.35. The van der Waals surface area contributed by atoms with E-state index in [-0.39, 0.29) is 5.60 Å². The molecule has 0 unspecified atom stereocenters. The third-order valence-corrected chi connectivity index (χ3v) is 4.20. The highest BCUT2D eigenvalue weighted by Crippen LogP contribution is 2.52. The fourth-order valence-electron chi connectivity index (χ4n) is 2.58. The van der Waals surface area contributed by atoms with Gasteiger partial charge in [-0.1, -0.05) is 24.3 Å². The number of ether oxygens (including phenoxy) is 1. The van der Waals surface area contributed by atoms with Crippen molar-refractivity contribution in [3.05, 3.63) is 35.4 Å². The first kappa shape index (κ1) is 10.8. The molecule has 3 heteroatoms. The SMILES string of the molecule is COC1(c2cccc(C3(C(=O)O)CC3)c2)CC1. The van der Waals surface area contributed by atoms with Crippen LogP contribution in [0.25, 0.3) is 0 Å². The van der Waals surface area contributed by atoms with Crippen LogP contribution in [0.2, 0.25) is 0 Å². The van der Waals surface area contributed by atoms with E-state index in [4.69, 9.17) is 4.74 Å². The standard InChI is InChI=1S/C14H16O3/c1-17-14(7-8-14)11-4-2-3-10(9-11)13(5-6-13)12(15)16/h2-4,9H,5-8H2,1H3,(H,15,16). The summed E-state index contributed by atoms with van der Waals surface area (Å²) in [4.78, 5) is 11.3. The predicted octanol–water partition coefficient (Wildman–Crippen LogP) is 2.44. The van der Waals surface area contributed by atoms with Crippen molar-refractivity contribution in [2.75, 3.05) is 7.11 Å². The number of rotatable bonds is 4. The minimum Gasteiger partial charge on any atom is -0.481 e. The summed E-state index contributed by atoms with van der Waals surface area (Å²) in [5, 5.41) is 9.29. The number of benzene rings is 1. The van der Waals surface area contributed by atoms with Crippen molar-refractivity contribution in [3.63, 3.8) is 0 Å². The van der Waals surface area contributed by atoms with Gasteiger partial charge in [0.25, 0.3) is 0 Å². The highest BCUT2D eigenvalue weighted by atomic mass is 16.5. The van der Waals surface area contributed by atoms with Crippen LogP contribution in [0.5, 0.6) is 0 Å². The summed E-state index contributed by atoms with van der Waals surface area (Å²) in [5.74, 6) is -0.697. The molecule has 0 spiro atoms. The van der Waals surface area contributed by atoms with Crippen LogP contribution in [0.1, 0.15) is 36.8 Å². The molecule has 3 nitrogen and oxygen atoms in total. The second-order valence-electron chi connectivity index (χ2n) is 5.17. The van der Waals surface area contributed by atoms with E-state index in [0.717, 1.165) is 36.8 Å². The lowest BCUT2D eigenvalue weighted by Gasteiger charge is -2.17. The molecule has 1 N–H and O–H groups in total. The zero-order valence-electron chi connectivity index (χ0n) is 9.90. The van der Waals surface area contributed by atoms with Crippen molar-refractivity contribution >= 4 is 5.97 Å². The number of hydrogen-bond donors (Lipinski definition) is 1. The minimum absolute atomic E-state index is 0.134. The van der Waals surface area contributed by atoms with E-state index in [1.165, 1.54) is 0 Å². The number of hydrogen-bond acceptors (Lipinski definition) is 2. The number of carbonyl (C=O) groups is 1. The fourth-order valence-corrected chi connectivity index (χ4v) is 2.58. The first-order chi connectivity index (χ1) is 8.13. The van der Waals surface area contributed by atoms with Gasteiger partial charge in [-0.2, -0.15) is 0 Å². The third-order valence-electron chi connectivity index (χ3n) is 4.20. The first-order valence-corrected chi connectivity index (χ1v) is 6.03. The van der Waals surface area contributed by atoms with Crippen LogP contribution >= 0.6 is 0 Å². The number of methoxy groups -OCH3 is 1. The highest BCUT2D eigenvalue weighted by molar-refractivity contribution is 5.85. The molecule has 1 aromatic carbocycles. The van der Waals surface area contributed by atoms with Gasteiger partial charge in [0.2, 0.25) is 0 Å². The van der Waals surface area contributed by atoms with Crippen LogP contribution in [0.4, 0.5) is 0 Å². The van der Waals surface area contributed by atoms with Crippen LogP contribution in [-0.2, 0) is 20.5 Å². The Balaban J connectivity index is 1.98. The summed E-state index contributed by atoms with van der Waals surface area (Å²) in [6, 6.07) is 7.94. The molecular weight excluding hydrogens is 216 g/mol. The molecule has 0 aliphatic heterocycles. The van der Waals surface area contributed by atoms with Gasteiger partial charge < -0.3 is 9.84 Å². The van der Waals surface area contributed by atoms with Gasteiger partial charge in [0.1, 0.15) is 0 Å². The van der Waals surface area contributed by atoms with Crippen molar-refractivity contribution in [3.8, 4) is 0 Å². The van der Waals surface area contributed by atoms with E-state index in [2.05, 4.69) is 0 Å². The zero-order valence-corrected chi connectivity index (χ0v) is 9.90. The summed E-state index contributed by atoms with van der Waals surface area (Å²) in [6.07, 6.45) is 3.58. The molecule has 0 saturated heterocycles. The molecule has 3 rings (SSSR count). The number of aliphatic carboxylic acids is 1. The van der Waals surface area contributed by atoms with Crippen LogP contribution in [0.15, 0.2) is 24.3 Å². The topological polar surface area (TPSA) is 46.5 Å². The Morgan fingerprint density at radius 3 is 2.35 bits per heavy atom. The molecule has 1 aromatic rings. The third kappa shape index (κ3) is 1.49. The summed E-state index contributed by atoms with van der Waals surface area (Å²) in [6.45, 7) is 0. The second kappa shape index (κ2) is 3.33. The van der Waals surface area contributed by atoms with Crippen molar-refractivity contribution < 1.29 is 14.6 Å². The van der Waals surface area contributed by atoms with Crippen LogP contribution < -0.4 is 0 Å². The Labute approximate surface area is 100 Å². The predicted molar refractivity (Wildman–Crippen MR) is 62.9 cm³/mol. The van der Waals surface area contributed by atoms with Gasteiger partial charge in [-0.25, -0.2) is 0 Å². The molecule has 2 fully saturated rings. The summed E-state index contributed by atoms with van der Waals surface area (Å²) in [5.41, 5.74) is 1.32. The maximum Gasteiger partial charge on any atom is 0.314 e. The molecule has 0 heterocycles. The lowest BCUT2D eigenvalue weighted by atomic mass is 9.93. The van der Waals surface area contributed by atoms with E-state index in [1.54, 1.807) is 7.11 Å². The van der Waals surface area contributed by atoms with Crippen LogP contribution in [-0.4, -0.2) is 18.2 Å². The quantitative estimate of drug-likeness (QED) is 0.867. The van der Waals surface area contributed by atoms with Crippen molar-refractivity contribution in [2.45, 2.75) is 36.7 Å². The van der Waals surface area contributed by atoms with Gasteiger partial charge in [0.05, 0.1) is 11.0 Å². The van der Waals surface area contributed by atoms with Gasteiger partial charge in [-0.05, 0) is 36.8 Å². The lowest BCUT2D eigenvalue weighted by molar-refractivity contribution is -0.140. The van der Waals surface area contributed by atoms with Crippen molar-refractivity contribution in [1.82, 2.24) is 0 Å². The molecular formula is C14H16O3. The smallest absolute Gasteiger partial charge is 0.314 e. The van der Waals surface area contributed by atoms with Gasteiger partial charge in [-0.15, -0.1) is 0 Å². The summed E-state index contributed by atoms with van der Waals surface area (Å²) < 4.78 is 5.54. The average molecular weight is 232 g/mol. The van der Waals surface area contributed by atoms with E-state index in [9.17, 15) is 9.90 Å². The maximum atomic E-state index is 11.3. The normalized spacial score (nSPS) is 23.1. The van der Waals surface area contributed by atoms with Crippen LogP contribution in [0, 0.1) is 0 Å². The van der Waals surface area contributed by atoms with E-state index >= 15 is 0 Å². The molecule has 2 aliphatic carbocycles.